The summed E-state index contributed by atoms with van der Waals surface area (Å²) in [6, 6.07) is 3.08. The first-order valence-corrected chi connectivity index (χ1v) is 12.5. The van der Waals surface area contributed by atoms with E-state index in [2.05, 4.69) is 10.6 Å². The molecule has 0 aliphatic heterocycles. The highest BCUT2D eigenvalue weighted by molar-refractivity contribution is 5.93. The van der Waals surface area contributed by atoms with E-state index in [4.69, 9.17) is 9.47 Å². The van der Waals surface area contributed by atoms with Crippen LogP contribution in [0.25, 0.3) is 0 Å². The Morgan fingerprint density at radius 1 is 1.03 bits per heavy atom. The van der Waals surface area contributed by atoms with Crippen molar-refractivity contribution < 1.29 is 33.8 Å². The predicted molar refractivity (Wildman–Crippen MR) is 140 cm³/mol. The second-order valence-electron chi connectivity index (χ2n) is 10.8. The zero-order valence-electron chi connectivity index (χ0n) is 23.6. The quantitative estimate of drug-likeness (QED) is 0.403. The van der Waals surface area contributed by atoms with Crippen LogP contribution in [0.2, 0.25) is 0 Å². The molecule has 2 atom stereocenters. The van der Waals surface area contributed by atoms with Crippen molar-refractivity contribution in [1.82, 2.24) is 15.5 Å². The molecule has 2 unspecified atom stereocenters. The van der Waals surface area contributed by atoms with E-state index in [1.165, 1.54) is 4.90 Å². The molecule has 3 N–H and O–H groups in total. The zero-order chi connectivity index (χ0) is 28.6. The van der Waals surface area contributed by atoms with Crippen LogP contribution >= 0.6 is 0 Å². The van der Waals surface area contributed by atoms with E-state index < -0.39 is 53.7 Å². The first-order chi connectivity index (χ1) is 17.0. The molecule has 3 amide bonds. The van der Waals surface area contributed by atoms with Crippen LogP contribution in [0.3, 0.4) is 0 Å². The summed E-state index contributed by atoms with van der Waals surface area (Å²) in [6.45, 7) is 15.3. The minimum Gasteiger partial charge on any atom is -0.466 e. The molecule has 0 bridgehead atoms. The molecule has 208 valence electrons. The third kappa shape index (κ3) is 9.68. The first kappa shape index (κ1) is 31.9. The van der Waals surface area contributed by atoms with Crippen LogP contribution in [-0.2, 0) is 23.9 Å². The van der Waals surface area contributed by atoms with Gasteiger partial charge in [-0.1, -0.05) is 18.2 Å². The second kappa shape index (κ2) is 13.4. The van der Waals surface area contributed by atoms with Gasteiger partial charge < -0.3 is 30.1 Å². The van der Waals surface area contributed by atoms with Gasteiger partial charge in [0.15, 0.2) is 0 Å². The molecule has 0 spiro atoms. The van der Waals surface area contributed by atoms with Gasteiger partial charge in [0.25, 0.3) is 0 Å². The van der Waals surface area contributed by atoms with E-state index in [0.717, 1.165) is 11.1 Å². The number of carbonyl (C=O) groups is 4. The Morgan fingerprint density at radius 2 is 1.59 bits per heavy atom. The minimum atomic E-state index is -1.35. The van der Waals surface area contributed by atoms with Gasteiger partial charge in [-0.15, -0.1) is 0 Å². The van der Waals surface area contributed by atoms with E-state index >= 15 is 0 Å². The molecule has 0 aromatic heterocycles. The highest BCUT2D eigenvalue weighted by Crippen LogP contribution is 2.33. The number of esters is 1. The number of aryl methyl sites for hydroxylation is 2. The lowest BCUT2D eigenvalue weighted by molar-refractivity contribution is -0.149. The Morgan fingerprint density at radius 3 is 2.05 bits per heavy atom. The molecular formula is C27H43N3O7. The van der Waals surface area contributed by atoms with Crippen molar-refractivity contribution in [1.29, 1.82) is 0 Å². The van der Waals surface area contributed by atoms with Crippen LogP contribution in [0.4, 0.5) is 4.79 Å². The predicted octanol–water partition coefficient (Wildman–Crippen LogP) is 2.93. The summed E-state index contributed by atoms with van der Waals surface area (Å²) < 4.78 is 10.2. The van der Waals surface area contributed by atoms with Crippen molar-refractivity contribution in [2.24, 2.45) is 0 Å². The first-order valence-electron chi connectivity index (χ1n) is 12.5. The van der Waals surface area contributed by atoms with Crippen LogP contribution in [0.1, 0.15) is 77.6 Å². The van der Waals surface area contributed by atoms with Crippen molar-refractivity contribution >= 4 is 23.9 Å². The molecule has 0 aliphatic carbocycles. The zero-order valence-corrected chi connectivity index (χ0v) is 23.6. The van der Waals surface area contributed by atoms with E-state index in [1.54, 1.807) is 48.5 Å². The summed E-state index contributed by atoms with van der Waals surface area (Å²) in [5.41, 5.74) is 0.476. The summed E-state index contributed by atoms with van der Waals surface area (Å²) in [7, 11) is 0. The second-order valence-corrected chi connectivity index (χ2v) is 10.8. The fourth-order valence-corrected chi connectivity index (χ4v) is 3.90. The normalized spacial score (nSPS) is 13.2. The largest absolute Gasteiger partial charge is 0.466 e. The fourth-order valence-electron chi connectivity index (χ4n) is 3.90. The smallest absolute Gasteiger partial charge is 0.408 e. The SMILES string of the molecule is CCOC(=O)CCNC(=O)C(c1c(C)cccc1C)N(C(=O)C(CO)NC(=O)OC(C)(C)C)C(C)(C)C. The summed E-state index contributed by atoms with van der Waals surface area (Å²) >= 11 is 0. The molecule has 0 saturated heterocycles. The number of nitrogens with zero attached hydrogens (tertiary/aromatic N) is 1. The van der Waals surface area contributed by atoms with E-state index in [0.29, 0.717) is 5.56 Å². The lowest BCUT2D eigenvalue weighted by Gasteiger charge is -2.43. The molecule has 0 heterocycles. The number of aliphatic hydroxyl groups excluding tert-OH is 1. The van der Waals surface area contributed by atoms with E-state index in [-0.39, 0.29) is 19.6 Å². The average Bonchev–Trinajstić information content (AvgIpc) is 2.74. The number of nitrogens with one attached hydrogen (secondary N) is 2. The van der Waals surface area contributed by atoms with E-state index in [9.17, 15) is 24.3 Å². The van der Waals surface area contributed by atoms with Gasteiger partial charge >= 0.3 is 12.1 Å². The van der Waals surface area contributed by atoms with Crippen molar-refractivity contribution in [3.8, 4) is 0 Å². The molecule has 0 saturated carbocycles. The Balaban J connectivity index is 3.48. The van der Waals surface area contributed by atoms with Crippen molar-refractivity contribution in [3.63, 3.8) is 0 Å². The Kier molecular flexibility index (Phi) is 11.6. The summed E-state index contributed by atoms with van der Waals surface area (Å²) in [5, 5.41) is 15.2. The van der Waals surface area contributed by atoms with Gasteiger partial charge in [-0.2, -0.15) is 0 Å². The molecule has 1 aromatic carbocycles. The van der Waals surface area contributed by atoms with Crippen LogP contribution in [0, 0.1) is 13.8 Å². The van der Waals surface area contributed by atoms with Crippen LogP contribution in [0.15, 0.2) is 18.2 Å². The molecule has 1 aromatic rings. The fraction of sp³-hybridized carbons (Fsp3) is 0.630. The van der Waals surface area contributed by atoms with Gasteiger partial charge in [-0.05, 0) is 79.0 Å². The van der Waals surface area contributed by atoms with Gasteiger partial charge in [0.1, 0.15) is 17.7 Å². The maximum atomic E-state index is 13.9. The highest BCUT2D eigenvalue weighted by Gasteiger charge is 2.42. The Hall–Kier alpha value is -3.14. The van der Waals surface area contributed by atoms with Crippen LogP contribution < -0.4 is 10.6 Å². The number of carbonyl (C=O) groups excluding carboxylic acids is 4. The maximum absolute atomic E-state index is 13.9. The number of hydrogen-bond donors (Lipinski definition) is 3. The van der Waals surface area contributed by atoms with Gasteiger partial charge in [-0.25, -0.2) is 4.79 Å². The summed E-state index contributed by atoms with van der Waals surface area (Å²) in [4.78, 5) is 53.1. The topological polar surface area (TPSA) is 134 Å². The van der Waals surface area contributed by atoms with Gasteiger partial charge in [-0.3, -0.25) is 14.4 Å². The minimum absolute atomic E-state index is 0.0187. The van der Waals surface area contributed by atoms with Gasteiger partial charge in [0, 0.05) is 12.1 Å². The standard InChI is InChI=1S/C27H43N3O7/c1-10-36-20(32)14-15-28-23(33)22(21-17(2)12-11-13-18(21)3)30(26(4,5)6)24(34)19(16-31)29-25(35)37-27(7,8)9/h11-13,19,22,31H,10,14-16H2,1-9H3,(H,28,33)(H,29,35). The number of aliphatic hydroxyl groups is 1. The van der Waals surface area contributed by atoms with Crippen LogP contribution in [-0.4, -0.2) is 70.8 Å². The monoisotopic (exact) mass is 521 g/mol. The number of amides is 3. The molecular weight excluding hydrogens is 478 g/mol. The van der Waals surface area contributed by atoms with E-state index in [1.807, 2.05) is 32.0 Å². The van der Waals surface area contributed by atoms with Crippen molar-refractivity contribution in [2.45, 2.75) is 92.0 Å². The molecule has 0 radical (unpaired) electrons. The van der Waals surface area contributed by atoms with Crippen molar-refractivity contribution in [2.75, 3.05) is 19.8 Å². The lowest BCUT2D eigenvalue weighted by Crippen LogP contribution is -2.59. The number of ether oxygens (including phenoxy) is 2. The van der Waals surface area contributed by atoms with Gasteiger partial charge in [0.05, 0.1) is 19.6 Å². The van der Waals surface area contributed by atoms with Gasteiger partial charge in [0.2, 0.25) is 11.8 Å². The maximum Gasteiger partial charge on any atom is 0.408 e. The Labute approximate surface area is 220 Å². The third-order valence-electron chi connectivity index (χ3n) is 5.39. The number of alkyl carbamates (subject to hydrolysis) is 1. The molecule has 10 nitrogen and oxygen atoms in total. The molecule has 1 rings (SSSR count). The molecule has 10 heteroatoms. The third-order valence-corrected chi connectivity index (χ3v) is 5.39. The molecule has 0 fully saturated rings. The number of hydrogen-bond acceptors (Lipinski definition) is 7. The van der Waals surface area contributed by atoms with Crippen LogP contribution in [0.5, 0.6) is 0 Å². The highest BCUT2D eigenvalue weighted by atomic mass is 16.6. The number of rotatable bonds is 10. The lowest BCUT2D eigenvalue weighted by atomic mass is 9.90. The molecule has 37 heavy (non-hydrogen) atoms. The average molecular weight is 522 g/mol. The molecule has 0 aliphatic rings. The summed E-state index contributed by atoms with van der Waals surface area (Å²) in [5.74, 6) is -1.61. The summed E-state index contributed by atoms with van der Waals surface area (Å²) in [6.07, 6.45) is -0.890. The van der Waals surface area contributed by atoms with Crippen molar-refractivity contribution in [3.05, 3.63) is 34.9 Å². The number of benzene rings is 1. The Bertz CT molecular complexity index is 943.